The maximum Gasteiger partial charge on any atom is 0.762 e. The molecule has 0 amide bonds. The molecule has 2 rings (SSSR count). The van der Waals surface area contributed by atoms with Gasteiger partial charge in [0, 0.05) is 17.0 Å². The Morgan fingerprint density at radius 2 is 1.68 bits per heavy atom. The third-order valence-electron chi connectivity index (χ3n) is 2.79. The van der Waals surface area contributed by atoms with Gasteiger partial charge in [-0.05, 0) is 6.07 Å². The highest BCUT2D eigenvalue weighted by Gasteiger charge is 2.33. The molecule has 1 atom stereocenters. The zero-order valence-electron chi connectivity index (χ0n) is 10.8. The predicted molar refractivity (Wildman–Crippen MR) is 63.9 cm³/mol. The first-order chi connectivity index (χ1) is 10.1. The van der Waals surface area contributed by atoms with Crippen molar-refractivity contribution in [2.75, 3.05) is 0 Å². The van der Waals surface area contributed by atoms with Crippen LogP contribution in [0, 0.1) is 17.5 Å². The molecule has 0 aromatic heterocycles. The molecule has 10 heteroatoms. The molecule has 0 saturated carbocycles. The number of carbonyl (C=O) groups is 2. The predicted octanol–water partition coefficient (Wildman–Crippen LogP) is 3.29. The summed E-state index contributed by atoms with van der Waals surface area (Å²) >= 11 is 0. The fraction of sp³-hybridized carbons (Fsp3) is 0.167. The van der Waals surface area contributed by atoms with Gasteiger partial charge in [-0.2, -0.15) is 0 Å². The van der Waals surface area contributed by atoms with Crippen LogP contribution in [0.4, 0.5) is 26.1 Å². The first kappa shape index (κ1) is 17.8. The van der Waals surface area contributed by atoms with E-state index in [2.05, 4.69) is 0 Å². The minimum absolute atomic E-state index is 0.316. The van der Waals surface area contributed by atoms with Crippen LogP contribution in [0.15, 0.2) is 17.7 Å². The van der Waals surface area contributed by atoms with Crippen molar-refractivity contribution in [1.82, 2.24) is 0 Å². The molecule has 1 aromatic rings. The summed E-state index contributed by atoms with van der Waals surface area (Å²) in [5.41, 5.74) is -1.33. The number of allylic oxidation sites excluding steroid dienone is 1. The molecule has 1 aliphatic rings. The summed E-state index contributed by atoms with van der Waals surface area (Å²) in [4.78, 5) is 22.5. The molecule has 1 N–H and O–H groups in total. The summed E-state index contributed by atoms with van der Waals surface area (Å²) < 4.78 is 68.7. The smallest absolute Gasteiger partial charge is 0.478 e. The lowest BCUT2D eigenvalue weighted by Crippen LogP contribution is -2.22. The van der Waals surface area contributed by atoms with Gasteiger partial charge in [-0.15, -0.1) is 0 Å². The SMILES string of the molecule is CC1C=C(C(=O)O)C(=O)c2cc(F)c(F)c(F)c21.FB(F)F. The van der Waals surface area contributed by atoms with Gasteiger partial charge in [0.2, 0.25) is 5.78 Å². The van der Waals surface area contributed by atoms with E-state index in [1.54, 1.807) is 0 Å². The van der Waals surface area contributed by atoms with E-state index in [0.29, 0.717) is 6.07 Å². The molecule has 0 radical (unpaired) electrons. The van der Waals surface area contributed by atoms with E-state index in [1.807, 2.05) is 0 Å². The van der Waals surface area contributed by atoms with Crippen molar-refractivity contribution in [3.8, 4) is 0 Å². The van der Waals surface area contributed by atoms with Gasteiger partial charge in [0.1, 0.15) is 5.57 Å². The van der Waals surface area contributed by atoms with Crippen LogP contribution in [0.2, 0.25) is 0 Å². The number of aliphatic carboxylic acids is 1. The number of carbonyl (C=O) groups excluding carboxylic acids is 1. The molecule has 0 spiro atoms. The molecule has 0 aliphatic heterocycles. The average Bonchev–Trinajstić information content (AvgIpc) is 2.38. The molecule has 0 saturated heterocycles. The molecular formula is C12H7BF6O3. The van der Waals surface area contributed by atoms with Crippen molar-refractivity contribution in [2.45, 2.75) is 12.8 Å². The molecule has 0 heterocycles. The highest BCUT2D eigenvalue weighted by molar-refractivity contribution is 6.33. The monoisotopic (exact) mass is 324 g/mol. The molecule has 1 aliphatic carbocycles. The minimum Gasteiger partial charge on any atom is -0.478 e. The van der Waals surface area contributed by atoms with E-state index in [9.17, 15) is 35.7 Å². The van der Waals surface area contributed by atoms with E-state index < -0.39 is 53.8 Å². The summed E-state index contributed by atoms with van der Waals surface area (Å²) in [5.74, 6) is -7.96. The second kappa shape index (κ2) is 6.67. The highest BCUT2D eigenvalue weighted by Crippen LogP contribution is 2.34. The molecular weight excluding hydrogens is 317 g/mol. The third-order valence-corrected chi connectivity index (χ3v) is 2.79. The molecule has 1 unspecified atom stereocenters. The first-order valence-electron chi connectivity index (χ1n) is 5.67. The van der Waals surface area contributed by atoms with E-state index in [-0.39, 0.29) is 5.56 Å². The molecule has 118 valence electrons. The van der Waals surface area contributed by atoms with Gasteiger partial charge < -0.3 is 5.11 Å². The average molecular weight is 324 g/mol. The first-order valence-corrected chi connectivity index (χ1v) is 5.67. The zero-order chi connectivity index (χ0) is 17.2. The Morgan fingerprint density at radius 1 is 1.18 bits per heavy atom. The van der Waals surface area contributed by atoms with Gasteiger partial charge in [0.05, 0.1) is 0 Å². The fourth-order valence-electron chi connectivity index (χ4n) is 1.96. The van der Waals surface area contributed by atoms with E-state index in [0.717, 1.165) is 6.08 Å². The number of Topliss-reactive ketones (excluding diaryl/α,β-unsaturated/α-hetero) is 1. The maximum absolute atomic E-state index is 13.6. The highest BCUT2D eigenvalue weighted by atomic mass is 19.4. The summed E-state index contributed by atoms with van der Waals surface area (Å²) in [5, 5.41) is 8.79. The van der Waals surface area contributed by atoms with Gasteiger partial charge in [-0.3, -0.25) is 17.7 Å². The summed E-state index contributed by atoms with van der Waals surface area (Å²) in [6.07, 6.45) is 1.02. The summed E-state index contributed by atoms with van der Waals surface area (Å²) in [7, 11) is -3.67. The third kappa shape index (κ3) is 3.49. The number of hydrogen-bond acceptors (Lipinski definition) is 2. The van der Waals surface area contributed by atoms with Crippen molar-refractivity contribution in [2.24, 2.45) is 0 Å². The van der Waals surface area contributed by atoms with Gasteiger partial charge in [0.15, 0.2) is 17.5 Å². The second-order valence-corrected chi connectivity index (χ2v) is 4.20. The van der Waals surface area contributed by atoms with Crippen LogP contribution in [-0.4, -0.2) is 24.4 Å². The summed E-state index contributed by atoms with van der Waals surface area (Å²) in [6, 6.07) is 0.530. The van der Waals surface area contributed by atoms with Crippen molar-refractivity contribution in [3.05, 3.63) is 46.3 Å². The van der Waals surface area contributed by atoms with E-state index >= 15 is 0 Å². The number of ketones is 1. The largest absolute Gasteiger partial charge is 0.762 e. The maximum atomic E-state index is 13.6. The van der Waals surface area contributed by atoms with Gasteiger partial charge >= 0.3 is 13.5 Å². The lowest BCUT2D eigenvalue weighted by atomic mass is 9.83. The quantitative estimate of drug-likeness (QED) is 0.373. The van der Waals surface area contributed by atoms with Crippen molar-refractivity contribution >= 4 is 19.3 Å². The Balaban J connectivity index is 0.000000541. The number of rotatable bonds is 1. The molecule has 0 fully saturated rings. The van der Waals surface area contributed by atoms with E-state index in [1.165, 1.54) is 6.92 Å². The Labute approximate surface area is 120 Å². The van der Waals surface area contributed by atoms with Gasteiger partial charge in [-0.1, -0.05) is 13.0 Å². The molecule has 22 heavy (non-hydrogen) atoms. The van der Waals surface area contributed by atoms with Gasteiger partial charge in [0.25, 0.3) is 0 Å². The summed E-state index contributed by atoms with van der Waals surface area (Å²) in [6.45, 7) is 1.40. The molecule has 3 nitrogen and oxygen atoms in total. The van der Waals surface area contributed by atoms with Crippen molar-refractivity contribution in [1.29, 1.82) is 0 Å². The van der Waals surface area contributed by atoms with Crippen molar-refractivity contribution < 1.29 is 40.8 Å². The van der Waals surface area contributed by atoms with Crippen LogP contribution in [0.3, 0.4) is 0 Å². The fourth-order valence-corrected chi connectivity index (χ4v) is 1.96. The van der Waals surface area contributed by atoms with Gasteiger partial charge in [-0.25, -0.2) is 18.0 Å². The molecule has 1 aromatic carbocycles. The van der Waals surface area contributed by atoms with Crippen LogP contribution in [0.1, 0.15) is 28.8 Å². The normalized spacial score (nSPS) is 16.2. The van der Waals surface area contributed by atoms with Crippen molar-refractivity contribution in [3.63, 3.8) is 0 Å². The standard InChI is InChI=1S/C12H7F3O3.BF3/c1-4-2-6(12(17)18)11(16)5-3-7(13)9(14)10(15)8(4)5;2-1(3)4/h2-4H,1H3,(H,17,18);. The number of carboxylic acids is 1. The Hall–Kier alpha value is -2.26. The van der Waals surface area contributed by atoms with Crippen LogP contribution >= 0.6 is 0 Å². The number of hydrogen-bond donors (Lipinski definition) is 1. The number of halogens is 6. The number of benzene rings is 1. The molecule has 0 bridgehead atoms. The minimum atomic E-state index is -3.67. The van der Waals surface area contributed by atoms with Crippen LogP contribution in [0.25, 0.3) is 0 Å². The zero-order valence-corrected chi connectivity index (χ0v) is 10.8. The Morgan fingerprint density at radius 3 is 2.14 bits per heavy atom. The van der Waals surface area contributed by atoms with Crippen LogP contribution < -0.4 is 0 Å². The second-order valence-electron chi connectivity index (χ2n) is 4.20. The van der Waals surface area contributed by atoms with Crippen LogP contribution in [-0.2, 0) is 4.79 Å². The lowest BCUT2D eigenvalue weighted by Gasteiger charge is -2.20. The number of fused-ring (bicyclic) bond motifs is 1. The topological polar surface area (TPSA) is 54.4 Å². The Kier molecular flexibility index (Phi) is 5.40. The van der Waals surface area contributed by atoms with Crippen LogP contribution in [0.5, 0.6) is 0 Å². The lowest BCUT2D eigenvalue weighted by molar-refractivity contribution is -0.132. The Bertz CT molecular complexity index is 656. The van der Waals surface area contributed by atoms with E-state index in [4.69, 9.17) is 5.11 Å². The number of carboxylic acid groups (broad SMARTS) is 1.